The molecule has 16 heavy (non-hydrogen) atoms. The maximum absolute atomic E-state index is 11.5. The number of nitrogens with zero attached hydrogens (tertiary/aromatic N) is 1. The zero-order valence-corrected chi connectivity index (χ0v) is 8.23. The highest BCUT2D eigenvalue weighted by molar-refractivity contribution is 6.33. The summed E-state index contributed by atoms with van der Waals surface area (Å²) in [5.74, 6) is -1.12. The van der Waals surface area contributed by atoms with Gasteiger partial charge < -0.3 is 15.0 Å². The highest BCUT2D eigenvalue weighted by Gasteiger charge is 2.29. The molecular weight excluding hydrogens is 214 g/mol. The first kappa shape index (κ1) is 10.1. The molecule has 0 radical (unpaired) electrons. The zero-order valence-electron chi connectivity index (χ0n) is 8.23. The van der Waals surface area contributed by atoms with Crippen molar-refractivity contribution >= 4 is 23.3 Å². The lowest BCUT2D eigenvalue weighted by Gasteiger charge is -1.94. The van der Waals surface area contributed by atoms with Crippen LogP contribution in [0, 0.1) is 0 Å². The summed E-state index contributed by atoms with van der Waals surface area (Å²) in [6.07, 6.45) is 2.13. The van der Waals surface area contributed by atoms with Gasteiger partial charge in [-0.1, -0.05) is 0 Å². The molecule has 0 bridgehead atoms. The zero-order chi connectivity index (χ0) is 11.7. The fraction of sp³-hybridized carbons (Fsp3) is 0.111. The number of aromatic nitrogens is 2. The number of rotatable bonds is 1. The molecule has 2 rings (SSSR count). The van der Waals surface area contributed by atoms with Crippen LogP contribution in [0.15, 0.2) is 17.2 Å². The third kappa shape index (κ3) is 1.48. The van der Waals surface area contributed by atoms with E-state index in [1.807, 2.05) is 0 Å². The third-order valence-electron chi connectivity index (χ3n) is 2.06. The average molecular weight is 221 g/mol. The molecule has 1 aliphatic rings. The molecule has 0 saturated carbocycles. The van der Waals surface area contributed by atoms with Crippen LogP contribution >= 0.6 is 0 Å². The Morgan fingerprint density at radius 1 is 1.50 bits per heavy atom. The van der Waals surface area contributed by atoms with Gasteiger partial charge in [-0.05, 0) is 0 Å². The molecule has 1 amide bonds. The number of esters is 1. The highest BCUT2D eigenvalue weighted by Crippen LogP contribution is 2.25. The molecule has 2 N–H and O–H groups in total. The Morgan fingerprint density at radius 2 is 2.25 bits per heavy atom. The quantitative estimate of drug-likeness (QED) is 0.481. The average Bonchev–Trinajstić information content (AvgIpc) is 2.56. The number of carbonyl (C=O) groups excluding carboxylic acids is 2. The lowest BCUT2D eigenvalue weighted by atomic mass is 10.1. The number of carbonyl (C=O) groups is 2. The van der Waals surface area contributed by atoms with Gasteiger partial charge in [0.1, 0.15) is 5.82 Å². The van der Waals surface area contributed by atoms with E-state index in [0.29, 0.717) is 0 Å². The lowest BCUT2D eigenvalue weighted by molar-refractivity contribution is -0.134. The van der Waals surface area contributed by atoms with Gasteiger partial charge in [-0.2, -0.15) is 0 Å². The van der Waals surface area contributed by atoms with E-state index in [-0.39, 0.29) is 17.0 Å². The monoisotopic (exact) mass is 221 g/mol. The Balaban J connectivity index is 2.60. The lowest BCUT2D eigenvalue weighted by Crippen LogP contribution is -2.12. The Hall–Kier alpha value is -2.44. The number of amides is 1. The predicted octanol–water partition coefficient (Wildman–Crippen LogP) is -0.722. The number of methoxy groups -OCH3 is 1. The van der Waals surface area contributed by atoms with E-state index < -0.39 is 17.4 Å². The molecular formula is C9H7N3O4. The normalized spacial score (nSPS) is 15.8. The molecule has 0 saturated heterocycles. The Kier molecular flexibility index (Phi) is 2.28. The summed E-state index contributed by atoms with van der Waals surface area (Å²) in [5, 5.41) is 2.37. The van der Waals surface area contributed by atoms with E-state index in [1.165, 1.54) is 13.4 Å². The Bertz CT molecular complexity index is 558. The standard InChI is InChI=1S/C9H7N3O4/c1-16-5(13)2-4-6-7(12-8(4)14)10-3-11-9(6)15/h2-3H,1H3,(H2,10,11,12,14,15)/b4-2-. The first-order valence-electron chi connectivity index (χ1n) is 4.32. The van der Waals surface area contributed by atoms with Crippen LogP contribution in [0.2, 0.25) is 0 Å². The summed E-state index contributed by atoms with van der Waals surface area (Å²) in [7, 11) is 1.18. The number of H-pyrrole nitrogens is 1. The van der Waals surface area contributed by atoms with E-state index >= 15 is 0 Å². The smallest absolute Gasteiger partial charge is 0.331 e. The van der Waals surface area contributed by atoms with Crippen molar-refractivity contribution in [3.05, 3.63) is 28.3 Å². The van der Waals surface area contributed by atoms with Gasteiger partial charge in [-0.25, -0.2) is 9.78 Å². The minimum atomic E-state index is -0.707. The third-order valence-corrected chi connectivity index (χ3v) is 2.06. The van der Waals surface area contributed by atoms with E-state index in [2.05, 4.69) is 20.0 Å². The number of fused-ring (bicyclic) bond motifs is 1. The molecule has 0 aromatic carbocycles. The fourth-order valence-corrected chi connectivity index (χ4v) is 1.35. The Labute approximate surface area is 89.1 Å². The summed E-state index contributed by atoms with van der Waals surface area (Å²) < 4.78 is 4.39. The van der Waals surface area contributed by atoms with Crippen molar-refractivity contribution in [3.8, 4) is 0 Å². The predicted molar refractivity (Wildman–Crippen MR) is 53.5 cm³/mol. The van der Waals surface area contributed by atoms with E-state index in [9.17, 15) is 14.4 Å². The second-order valence-corrected chi connectivity index (χ2v) is 2.99. The topological polar surface area (TPSA) is 101 Å². The largest absolute Gasteiger partial charge is 0.466 e. The number of nitrogens with one attached hydrogen (secondary N) is 2. The molecule has 0 spiro atoms. The fourth-order valence-electron chi connectivity index (χ4n) is 1.35. The van der Waals surface area contributed by atoms with Crippen molar-refractivity contribution in [1.29, 1.82) is 0 Å². The first-order valence-corrected chi connectivity index (χ1v) is 4.32. The molecule has 0 aliphatic carbocycles. The van der Waals surface area contributed by atoms with Crippen LogP contribution in [0.3, 0.4) is 0 Å². The van der Waals surface area contributed by atoms with Gasteiger partial charge >= 0.3 is 5.97 Å². The number of aromatic amines is 1. The molecule has 1 aromatic rings. The van der Waals surface area contributed by atoms with Crippen LogP contribution in [-0.2, 0) is 14.3 Å². The van der Waals surface area contributed by atoms with Crippen LogP contribution in [-0.4, -0.2) is 29.0 Å². The first-order chi connectivity index (χ1) is 7.63. The maximum atomic E-state index is 11.5. The van der Waals surface area contributed by atoms with Gasteiger partial charge in [0, 0.05) is 6.08 Å². The number of ether oxygens (including phenoxy) is 1. The second kappa shape index (κ2) is 3.61. The molecule has 0 fully saturated rings. The number of anilines is 1. The SMILES string of the molecule is COC(=O)/C=C1\C(=O)Nc2nc[nH]c(=O)c21. The van der Waals surface area contributed by atoms with E-state index in [0.717, 1.165) is 6.08 Å². The van der Waals surface area contributed by atoms with Gasteiger partial charge in [-0.15, -0.1) is 0 Å². The second-order valence-electron chi connectivity index (χ2n) is 2.99. The maximum Gasteiger partial charge on any atom is 0.331 e. The molecule has 0 atom stereocenters. The summed E-state index contributed by atoms with van der Waals surface area (Å²) >= 11 is 0. The van der Waals surface area contributed by atoms with Gasteiger partial charge in [0.05, 0.1) is 24.6 Å². The molecule has 7 heteroatoms. The van der Waals surface area contributed by atoms with Crippen molar-refractivity contribution < 1.29 is 14.3 Å². The van der Waals surface area contributed by atoms with Crippen molar-refractivity contribution in [3.63, 3.8) is 0 Å². The van der Waals surface area contributed by atoms with Crippen molar-refractivity contribution in [2.24, 2.45) is 0 Å². The van der Waals surface area contributed by atoms with Gasteiger partial charge in [0.15, 0.2) is 0 Å². The molecule has 0 unspecified atom stereocenters. The highest BCUT2D eigenvalue weighted by atomic mass is 16.5. The van der Waals surface area contributed by atoms with Crippen LogP contribution in [0.1, 0.15) is 5.56 Å². The Morgan fingerprint density at radius 3 is 2.94 bits per heavy atom. The molecule has 7 nitrogen and oxygen atoms in total. The van der Waals surface area contributed by atoms with Crippen LogP contribution in [0.4, 0.5) is 5.82 Å². The van der Waals surface area contributed by atoms with Gasteiger partial charge in [0.25, 0.3) is 11.5 Å². The number of hydrogen-bond donors (Lipinski definition) is 2. The molecule has 82 valence electrons. The molecule has 2 heterocycles. The van der Waals surface area contributed by atoms with Crippen LogP contribution in [0.5, 0.6) is 0 Å². The van der Waals surface area contributed by atoms with E-state index in [4.69, 9.17) is 0 Å². The van der Waals surface area contributed by atoms with Gasteiger partial charge in [-0.3, -0.25) is 9.59 Å². The minimum absolute atomic E-state index is 0.0452. The van der Waals surface area contributed by atoms with Crippen LogP contribution in [0.25, 0.3) is 5.57 Å². The summed E-state index contributed by atoms with van der Waals surface area (Å²) in [4.78, 5) is 40.0. The van der Waals surface area contributed by atoms with Crippen molar-refractivity contribution in [2.45, 2.75) is 0 Å². The van der Waals surface area contributed by atoms with Crippen LogP contribution < -0.4 is 10.9 Å². The summed E-state index contributed by atoms with van der Waals surface area (Å²) in [5.41, 5.74) is -0.479. The van der Waals surface area contributed by atoms with Crippen molar-refractivity contribution in [1.82, 2.24) is 9.97 Å². The summed E-state index contributed by atoms with van der Waals surface area (Å²) in [6, 6.07) is 0. The van der Waals surface area contributed by atoms with Crippen molar-refractivity contribution in [2.75, 3.05) is 12.4 Å². The minimum Gasteiger partial charge on any atom is -0.466 e. The summed E-state index contributed by atoms with van der Waals surface area (Å²) in [6.45, 7) is 0. The van der Waals surface area contributed by atoms with E-state index in [1.54, 1.807) is 0 Å². The number of hydrogen-bond acceptors (Lipinski definition) is 5. The molecule has 1 aromatic heterocycles. The molecule has 1 aliphatic heterocycles. The van der Waals surface area contributed by atoms with Gasteiger partial charge in [0.2, 0.25) is 0 Å².